The molecular formula is C13H16ClFO2. The van der Waals surface area contributed by atoms with Gasteiger partial charge in [-0.3, -0.25) is 4.79 Å². The molecule has 0 aliphatic carbocycles. The number of esters is 1. The Morgan fingerprint density at radius 1 is 1.47 bits per heavy atom. The van der Waals surface area contributed by atoms with E-state index in [0.717, 1.165) is 5.56 Å². The molecule has 1 aromatic rings. The Hall–Kier alpha value is -1.09. The Morgan fingerprint density at radius 3 is 2.65 bits per heavy atom. The van der Waals surface area contributed by atoms with Gasteiger partial charge in [-0.2, -0.15) is 0 Å². The van der Waals surface area contributed by atoms with Crippen molar-refractivity contribution in [2.45, 2.75) is 33.1 Å². The van der Waals surface area contributed by atoms with Crippen LogP contribution in [-0.2, 0) is 16.0 Å². The summed E-state index contributed by atoms with van der Waals surface area (Å²) in [5, 5.41) is 0.00227. The van der Waals surface area contributed by atoms with E-state index in [4.69, 9.17) is 16.3 Å². The predicted molar refractivity (Wildman–Crippen MR) is 65.8 cm³/mol. The fourth-order valence-electron chi connectivity index (χ4n) is 1.50. The van der Waals surface area contributed by atoms with Crippen molar-refractivity contribution >= 4 is 17.6 Å². The lowest BCUT2D eigenvalue weighted by Gasteiger charge is -2.11. The van der Waals surface area contributed by atoms with Crippen molar-refractivity contribution in [3.63, 3.8) is 0 Å². The molecule has 0 aliphatic rings. The lowest BCUT2D eigenvalue weighted by Crippen LogP contribution is -2.09. The topological polar surface area (TPSA) is 26.3 Å². The van der Waals surface area contributed by atoms with Gasteiger partial charge in [0.25, 0.3) is 0 Å². The maximum absolute atomic E-state index is 13.6. The van der Waals surface area contributed by atoms with E-state index in [0.29, 0.717) is 12.2 Å². The van der Waals surface area contributed by atoms with Crippen molar-refractivity contribution in [1.82, 2.24) is 0 Å². The molecule has 1 aromatic carbocycles. The molecule has 0 atom stereocenters. The van der Waals surface area contributed by atoms with Crippen LogP contribution in [0.4, 0.5) is 4.39 Å². The summed E-state index contributed by atoms with van der Waals surface area (Å²) < 4.78 is 18.4. The van der Waals surface area contributed by atoms with E-state index in [9.17, 15) is 9.18 Å². The van der Waals surface area contributed by atoms with Crippen LogP contribution in [0.5, 0.6) is 0 Å². The van der Waals surface area contributed by atoms with Gasteiger partial charge in [0.2, 0.25) is 0 Å². The Balaban J connectivity index is 3.01. The predicted octanol–water partition coefficient (Wildman–Crippen LogP) is 3.71. The van der Waals surface area contributed by atoms with Crippen molar-refractivity contribution in [3.8, 4) is 0 Å². The molecule has 2 nitrogen and oxygen atoms in total. The second kappa shape index (κ2) is 6.01. The quantitative estimate of drug-likeness (QED) is 0.770. The van der Waals surface area contributed by atoms with Crippen LogP contribution in [-0.4, -0.2) is 12.6 Å². The van der Waals surface area contributed by atoms with E-state index in [1.165, 1.54) is 6.07 Å². The average Bonchev–Trinajstić information content (AvgIpc) is 2.24. The van der Waals surface area contributed by atoms with E-state index in [2.05, 4.69) is 0 Å². The highest BCUT2D eigenvalue weighted by molar-refractivity contribution is 6.31. The van der Waals surface area contributed by atoms with Crippen LogP contribution < -0.4 is 0 Å². The van der Waals surface area contributed by atoms with Crippen LogP contribution >= 0.6 is 11.6 Å². The van der Waals surface area contributed by atoms with Gasteiger partial charge in [0.1, 0.15) is 5.82 Å². The van der Waals surface area contributed by atoms with Crippen molar-refractivity contribution in [2.75, 3.05) is 6.61 Å². The maximum Gasteiger partial charge on any atom is 0.310 e. The molecule has 0 aliphatic heterocycles. The van der Waals surface area contributed by atoms with E-state index < -0.39 is 11.8 Å². The Morgan fingerprint density at radius 2 is 2.12 bits per heavy atom. The molecule has 0 fully saturated rings. The zero-order valence-corrected chi connectivity index (χ0v) is 11.0. The van der Waals surface area contributed by atoms with Gasteiger partial charge in [0, 0.05) is 0 Å². The van der Waals surface area contributed by atoms with Crippen molar-refractivity contribution < 1.29 is 13.9 Å². The molecule has 1 rings (SSSR count). The first-order valence-corrected chi connectivity index (χ1v) is 5.97. The molecule has 0 unspecified atom stereocenters. The van der Waals surface area contributed by atoms with E-state index in [-0.39, 0.29) is 17.4 Å². The minimum absolute atomic E-state index is 0.00227. The molecule has 0 heterocycles. The van der Waals surface area contributed by atoms with Crippen LogP contribution in [0.25, 0.3) is 0 Å². The minimum atomic E-state index is -0.489. The second-order valence-electron chi connectivity index (χ2n) is 4.11. The molecule has 0 saturated heterocycles. The highest BCUT2D eigenvalue weighted by Gasteiger charge is 2.14. The largest absolute Gasteiger partial charge is 0.466 e. The van der Waals surface area contributed by atoms with Gasteiger partial charge in [-0.15, -0.1) is 0 Å². The summed E-state index contributed by atoms with van der Waals surface area (Å²) in [6.45, 7) is 5.95. The van der Waals surface area contributed by atoms with Crippen molar-refractivity contribution in [1.29, 1.82) is 0 Å². The first-order valence-electron chi connectivity index (χ1n) is 5.59. The monoisotopic (exact) mass is 258 g/mol. The van der Waals surface area contributed by atoms with Gasteiger partial charge < -0.3 is 4.74 Å². The minimum Gasteiger partial charge on any atom is -0.466 e. The summed E-state index contributed by atoms with van der Waals surface area (Å²) in [7, 11) is 0. The first-order chi connectivity index (χ1) is 7.95. The number of ether oxygens (including phenoxy) is 1. The summed E-state index contributed by atoms with van der Waals surface area (Å²) in [6.07, 6.45) is 0.00412. The zero-order valence-electron chi connectivity index (χ0n) is 10.2. The maximum atomic E-state index is 13.6. The van der Waals surface area contributed by atoms with E-state index in [1.807, 2.05) is 13.8 Å². The molecule has 0 aromatic heterocycles. The average molecular weight is 259 g/mol. The van der Waals surface area contributed by atoms with Gasteiger partial charge in [-0.05, 0) is 30.0 Å². The highest BCUT2D eigenvalue weighted by Crippen LogP contribution is 2.26. The van der Waals surface area contributed by atoms with Crippen LogP contribution in [0, 0.1) is 5.82 Å². The third-order valence-electron chi connectivity index (χ3n) is 2.43. The van der Waals surface area contributed by atoms with Crippen molar-refractivity contribution in [2.24, 2.45) is 0 Å². The SMILES string of the molecule is CCOC(=O)Cc1cc(C(C)C)cc(F)c1Cl. The summed E-state index contributed by atoms with van der Waals surface area (Å²) in [5.74, 6) is -0.699. The molecule has 0 saturated carbocycles. The van der Waals surface area contributed by atoms with Crippen LogP contribution in [0.2, 0.25) is 5.02 Å². The van der Waals surface area contributed by atoms with Gasteiger partial charge in [-0.1, -0.05) is 31.5 Å². The van der Waals surface area contributed by atoms with Gasteiger partial charge in [0.05, 0.1) is 18.1 Å². The number of halogens is 2. The number of carbonyl (C=O) groups is 1. The number of carbonyl (C=O) groups excluding carboxylic acids is 1. The molecule has 94 valence electrons. The standard InChI is InChI=1S/C13H16ClFO2/c1-4-17-12(16)7-10-5-9(8(2)3)6-11(15)13(10)14/h5-6,8H,4,7H2,1-3H3. The van der Waals surface area contributed by atoms with Gasteiger partial charge in [0.15, 0.2) is 0 Å². The first kappa shape index (κ1) is 14.0. The third-order valence-corrected chi connectivity index (χ3v) is 2.86. The lowest BCUT2D eigenvalue weighted by molar-refractivity contribution is -0.142. The Labute approximate surface area is 106 Å². The molecule has 0 N–H and O–H groups in total. The zero-order chi connectivity index (χ0) is 13.0. The summed E-state index contributed by atoms with van der Waals surface area (Å²) in [5.41, 5.74) is 1.31. The highest BCUT2D eigenvalue weighted by atomic mass is 35.5. The Bertz CT molecular complexity index is 416. The molecule has 0 radical (unpaired) electrons. The number of hydrogen-bond donors (Lipinski definition) is 0. The second-order valence-corrected chi connectivity index (χ2v) is 4.49. The summed E-state index contributed by atoms with van der Waals surface area (Å²) in [4.78, 5) is 11.4. The Kier molecular flexibility index (Phi) is 4.94. The van der Waals surface area contributed by atoms with Crippen LogP contribution in [0.1, 0.15) is 37.8 Å². The lowest BCUT2D eigenvalue weighted by atomic mass is 9.99. The fraction of sp³-hybridized carbons (Fsp3) is 0.462. The molecule has 0 bridgehead atoms. The van der Waals surface area contributed by atoms with E-state index in [1.54, 1.807) is 13.0 Å². The van der Waals surface area contributed by atoms with Crippen molar-refractivity contribution in [3.05, 3.63) is 34.1 Å². The molecule has 0 amide bonds. The van der Waals surface area contributed by atoms with Crippen LogP contribution in [0.3, 0.4) is 0 Å². The van der Waals surface area contributed by atoms with E-state index >= 15 is 0 Å². The number of hydrogen-bond acceptors (Lipinski definition) is 2. The van der Waals surface area contributed by atoms with Crippen LogP contribution in [0.15, 0.2) is 12.1 Å². The number of benzene rings is 1. The summed E-state index contributed by atoms with van der Waals surface area (Å²) in [6, 6.07) is 3.16. The third kappa shape index (κ3) is 3.70. The van der Waals surface area contributed by atoms with Gasteiger partial charge >= 0.3 is 5.97 Å². The van der Waals surface area contributed by atoms with Gasteiger partial charge in [-0.25, -0.2) is 4.39 Å². The normalized spacial score (nSPS) is 10.7. The molecule has 0 spiro atoms. The summed E-state index contributed by atoms with van der Waals surface area (Å²) >= 11 is 5.83. The smallest absolute Gasteiger partial charge is 0.310 e. The molecule has 4 heteroatoms. The fourth-order valence-corrected chi connectivity index (χ4v) is 1.67. The molecule has 17 heavy (non-hydrogen) atoms. The number of rotatable bonds is 4. The molecular weight excluding hydrogens is 243 g/mol.